The Morgan fingerprint density at radius 2 is 1.84 bits per heavy atom. The van der Waals surface area contributed by atoms with Crippen molar-refractivity contribution in [3.8, 4) is 0 Å². The van der Waals surface area contributed by atoms with Crippen molar-refractivity contribution < 1.29 is 0 Å². The first-order valence-electron chi connectivity index (χ1n) is 7.08. The summed E-state index contributed by atoms with van der Waals surface area (Å²) in [7, 11) is 0. The van der Waals surface area contributed by atoms with Gasteiger partial charge in [-0.15, -0.1) is 0 Å². The van der Waals surface area contributed by atoms with Crippen LogP contribution in [0.25, 0.3) is 0 Å². The Kier molecular flexibility index (Phi) is 4.03. The Morgan fingerprint density at radius 3 is 2.47 bits per heavy atom. The normalized spacial score (nSPS) is 37.2. The van der Waals surface area contributed by atoms with E-state index in [1.165, 1.54) is 12.8 Å². The predicted octanol–water partition coefficient (Wildman–Crippen LogP) is 3.76. The van der Waals surface area contributed by atoms with E-state index in [9.17, 15) is 0 Å². The third kappa shape index (κ3) is 2.04. The molecule has 2 heterocycles. The van der Waals surface area contributed by atoms with Crippen molar-refractivity contribution in [1.82, 2.24) is 0 Å². The van der Waals surface area contributed by atoms with Gasteiger partial charge < -0.3 is 0 Å². The van der Waals surface area contributed by atoms with E-state index in [1.54, 1.807) is 16.5 Å². The molecule has 19 heavy (non-hydrogen) atoms. The van der Waals surface area contributed by atoms with Crippen LogP contribution in [0.5, 0.6) is 0 Å². The molecule has 2 aliphatic heterocycles. The SMILES string of the molecule is CCC[C@@H]1[Se][C@@H]2C(C)=C(C)[C@H]1[P+]2([Se-])c1ccccc1. The first-order chi connectivity index (χ1) is 9.10. The van der Waals surface area contributed by atoms with Gasteiger partial charge in [-0.25, -0.2) is 0 Å². The molecular weight excluding hydrogens is 381 g/mol. The van der Waals surface area contributed by atoms with E-state index in [0.717, 1.165) is 30.0 Å². The van der Waals surface area contributed by atoms with Crippen molar-refractivity contribution >= 4 is 41.8 Å². The van der Waals surface area contributed by atoms with Gasteiger partial charge in [-0.2, -0.15) is 0 Å². The van der Waals surface area contributed by atoms with E-state index in [-0.39, 0.29) is 0 Å². The summed E-state index contributed by atoms with van der Waals surface area (Å²) in [4.78, 5) is 0.987. The third-order valence-electron chi connectivity index (χ3n) is 4.59. The fourth-order valence-electron chi connectivity index (χ4n) is 3.57. The van der Waals surface area contributed by atoms with E-state index < -0.39 is 5.95 Å². The third-order valence-corrected chi connectivity index (χ3v) is 20.7. The summed E-state index contributed by atoms with van der Waals surface area (Å²) in [5.41, 5.74) is 4.32. The number of hydrogen-bond acceptors (Lipinski definition) is 0. The molecule has 4 atom stereocenters. The van der Waals surface area contributed by atoms with Crippen molar-refractivity contribution in [2.24, 2.45) is 0 Å². The topological polar surface area (TPSA) is 0 Å². The predicted molar refractivity (Wildman–Crippen MR) is 89.1 cm³/mol. The molecule has 0 radical (unpaired) electrons. The fourth-order valence-corrected chi connectivity index (χ4v) is 22.1. The van der Waals surface area contributed by atoms with Gasteiger partial charge in [0.1, 0.15) is 0 Å². The maximum absolute atomic E-state index is 3.77. The maximum atomic E-state index is 3.77. The van der Waals surface area contributed by atoms with Crippen LogP contribution >= 0.6 is 5.95 Å². The molecule has 3 heteroatoms. The molecule has 0 amide bonds. The van der Waals surface area contributed by atoms with Crippen LogP contribution in [-0.2, 0) is 0 Å². The zero-order chi connectivity index (χ0) is 13.6. The number of allylic oxidation sites excluding steroid dienone is 2. The summed E-state index contributed by atoms with van der Waals surface area (Å²) in [6.45, 7) is 7.15. The van der Waals surface area contributed by atoms with Gasteiger partial charge in [0.15, 0.2) is 0 Å². The summed E-state index contributed by atoms with van der Waals surface area (Å²) in [5, 5.41) is 1.63. The Bertz CT molecular complexity index is 511. The van der Waals surface area contributed by atoms with Crippen molar-refractivity contribution in [3.05, 3.63) is 41.5 Å². The van der Waals surface area contributed by atoms with Gasteiger partial charge in [0.05, 0.1) is 0 Å². The summed E-state index contributed by atoms with van der Waals surface area (Å²) < 4.78 is 0.893. The van der Waals surface area contributed by atoms with E-state index in [1.807, 2.05) is 0 Å². The van der Waals surface area contributed by atoms with Crippen LogP contribution in [0.2, 0.25) is 4.82 Å². The standard InChI is InChI=1S/C16H21PSe2/c1-4-8-14-15-11(2)12(3)16(19-14)17(15,18)13-9-6-5-7-10-13/h5-7,9-10,14-16H,4,8H2,1-3H3/t14-,15+,16+,17?/m0/s1. The Hall–Kier alpha value is 0.429. The molecule has 0 aromatic heterocycles. The molecule has 102 valence electrons. The van der Waals surface area contributed by atoms with E-state index >= 15 is 0 Å². The average molecular weight is 402 g/mol. The second-order valence-corrected chi connectivity index (χ2v) is 16.1. The Labute approximate surface area is 131 Å². The second kappa shape index (κ2) is 5.32. The van der Waals surface area contributed by atoms with E-state index in [4.69, 9.17) is 0 Å². The van der Waals surface area contributed by atoms with Crippen molar-refractivity contribution in [2.45, 2.75) is 48.6 Å². The molecular formula is C16H21PSe2. The quantitative estimate of drug-likeness (QED) is 0.411. The fraction of sp³-hybridized carbons (Fsp3) is 0.500. The van der Waals surface area contributed by atoms with Gasteiger partial charge in [0, 0.05) is 0 Å². The van der Waals surface area contributed by atoms with Crippen molar-refractivity contribution in [1.29, 1.82) is 0 Å². The molecule has 0 spiro atoms. The molecule has 1 fully saturated rings. The van der Waals surface area contributed by atoms with Crippen LogP contribution < -0.4 is 5.30 Å². The molecule has 0 aliphatic carbocycles. The molecule has 0 N–H and O–H groups in total. The minimum absolute atomic E-state index is 0.805. The zero-order valence-corrected chi connectivity index (χ0v) is 16.1. The van der Waals surface area contributed by atoms with Crippen LogP contribution in [0, 0.1) is 0 Å². The number of hydrogen-bond donors (Lipinski definition) is 0. The summed E-state index contributed by atoms with van der Waals surface area (Å²) in [5.74, 6) is -1.11. The molecule has 1 aromatic carbocycles. The first-order valence-corrected chi connectivity index (χ1v) is 13.2. The zero-order valence-electron chi connectivity index (χ0n) is 11.8. The molecule has 0 saturated carbocycles. The van der Waals surface area contributed by atoms with E-state index in [2.05, 4.69) is 66.7 Å². The van der Waals surface area contributed by atoms with Crippen LogP contribution in [-0.4, -0.2) is 40.7 Å². The van der Waals surface area contributed by atoms with Crippen LogP contribution in [0.3, 0.4) is 0 Å². The van der Waals surface area contributed by atoms with E-state index in [0.29, 0.717) is 0 Å². The minimum atomic E-state index is -1.11. The van der Waals surface area contributed by atoms with Gasteiger partial charge in [-0.05, 0) is 0 Å². The number of fused-ring (bicyclic) bond motifs is 2. The molecule has 2 aliphatic rings. The van der Waals surface area contributed by atoms with Crippen LogP contribution in [0.4, 0.5) is 0 Å². The van der Waals surface area contributed by atoms with Gasteiger partial charge >= 0.3 is 132 Å². The number of rotatable bonds is 3. The van der Waals surface area contributed by atoms with Gasteiger partial charge in [-0.1, -0.05) is 0 Å². The van der Waals surface area contributed by atoms with Crippen LogP contribution in [0.15, 0.2) is 41.5 Å². The van der Waals surface area contributed by atoms with Crippen LogP contribution in [0.1, 0.15) is 33.6 Å². The van der Waals surface area contributed by atoms with Crippen molar-refractivity contribution in [3.63, 3.8) is 0 Å². The molecule has 1 unspecified atom stereocenters. The van der Waals surface area contributed by atoms with Crippen molar-refractivity contribution in [2.75, 3.05) is 0 Å². The Morgan fingerprint density at radius 1 is 1.16 bits per heavy atom. The molecule has 2 bridgehead atoms. The number of benzene rings is 1. The first kappa shape index (κ1) is 14.4. The monoisotopic (exact) mass is 404 g/mol. The average Bonchev–Trinajstić information content (AvgIpc) is 2.81. The molecule has 3 rings (SSSR count). The second-order valence-electron chi connectivity index (χ2n) is 5.67. The van der Waals surface area contributed by atoms with Gasteiger partial charge in [0.25, 0.3) is 0 Å². The van der Waals surface area contributed by atoms with Gasteiger partial charge in [0.2, 0.25) is 0 Å². The molecule has 0 nitrogen and oxygen atoms in total. The van der Waals surface area contributed by atoms with Gasteiger partial charge in [-0.3, -0.25) is 0 Å². The molecule has 1 saturated heterocycles. The summed E-state index contributed by atoms with van der Waals surface area (Å²) >= 11 is 4.57. The summed E-state index contributed by atoms with van der Waals surface area (Å²) in [6.07, 6.45) is 2.78. The Balaban J connectivity index is 2.05. The molecule has 1 aromatic rings. The summed E-state index contributed by atoms with van der Waals surface area (Å²) in [6, 6.07) is 11.3.